The highest BCUT2D eigenvalue weighted by atomic mass is 32.2. The van der Waals surface area contributed by atoms with Crippen LogP contribution in [0.25, 0.3) is 0 Å². The third-order valence-corrected chi connectivity index (χ3v) is 6.36. The maximum Gasteiger partial charge on any atom is 0.244 e. The predicted octanol–water partition coefficient (Wildman–Crippen LogP) is 1.94. The molecule has 0 saturated carbocycles. The van der Waals surface area contributed by atoms with Crippen molar-refractivity contribution < 1.29 is 27.5 Å². The number of hydrogen-bond acceptors (Lipinski definition) is 6. The van der Waals surface area contributed by atoms with Crippen LogP contribution in [0.15, 0.2) is 42.5 Å². The molecule has 0 bridgehead atoms. The minimum Gasteiger partial charge on any atom is -0.493 e. The highest BCUT2D eigenvalue weighted by molar-refractivity contribution is 7.92. The minimum atomic E-state index is -3.83. The number of nitrogens with one attached hydrogen (secondary N) is 1. The predicted molar refractivity (Wildman–Crippen MR) is 127 cm³/mol. The second kappa shape index (κ2) is 11.0. The molecule has 33 heavy (non-hydrogen) atoms. The molecule has 2 aromatic carbocycles. The minimum absolute atomic E-state index is 0.150. The van der Waals surface area contributed by atoms with Gasteiger partial charge in [-0.25, -0.2) is 8.42 Å². The number of nitrogens with zero attached hydrogens (tertiary/aromatic N) is 2. The molecule has 0 heterocycles. The summed E-state index contributed by atoms with van der Waals surface area (Å²) in [5.41, 5.74) is 2.13. The van der Waals surface area contributed by atoms with E-state index < -0.39 is 28.5 Å². The Labute approximate surface area is 195 Å². The number of ether oxygens (including phenoxy) is 2. The van der Waals surface area contributed by atoms with Gasteiger partial charge in [0.15, 0.2) is 11.5 Å². The molecule has 0 fully saturated rings. The number of sulfonamides is 1. The van der Waals surface area contributed by atoms with Crippen LogP contribution >= 0.6 is 0 Å². The highest BCUT2D eigenvalue weighted by Gasteiger charge is 2.30. The molecule has 0 unspecified atom stereocenters. The lowest BCUT2D eigenvalue weighted by Gasteiger charge is -2.31. The molecule has 0 aliphatic heterocycles. The Balaban J connectivity index is 2.42. The zero-order valence-corrected chi connectivity index (χ0v) is 20.6. The summed E-state index contributed by atoms with van der Waals surface area (Å²) in [5.74, 6) is -0.124. The largest absolute Gasteiger partial charge is 0.493 e. The molecule has 1 atom stereocenters. The Morgan fingerprint density at radius 1 is 1.03 bits per heavy atom. The van der Waals surface area contributed by atoms with E-state index in [0.29, 0.717) is 11.5 Å². The van der Waals surface area contributed by atoms with Crippen LogP contribution in [0.2, 0.25) is 0 Å². The molecule has 0 aromatic heterocycles. The SMILES string of the molecule is CNC(=O)[C@@H](C)N(Cc1ccc(C)cc1)C(=O)CN(c1ccc(OC)c(OC)c1)S(C)(=O)=O. The number of carbonyl (C=O) groups is 2. The van der Waals surface area contributed by atoms with Gasteiger partial charge >= 0.3 is 0 Å². The van der Waals surface area contributed by atoms with Crippen LogP contribution in [0, 0.1) is 6.92 Å². The topological polar surface area (TPSA) is 105 Å². The molecule has 0 radical (unpaired) electrons. The van der Waals surface area contributed by atoms with E-state index in [2.05, 4.69) is 5.32 Å². The van der Waals surface area contributed by atoms with Gasteiger partial charge in [0, 0.05) is 19.7 Å². The maximum atomic E-state index is 13.4. The molecule has 2 aromatic rings. The van der Waals surface area contributed by atoms with Crippen LogP contribution in [0.1, 0.15) is 18.1 Å². The fraction of sp³-hybridized carbons (Fsp3) is 0.391. The van der Waals surface area contributed by atoms with Gasteiger partial charge in [-0.2, -0.15) is 0 Å². The van der Waals surface area contributed by atoms with Crippen molar-refractivity contribution in [3.8, 4) is 11.5 Å². The lowest BCUT2D eigenvalue weighted by Crippen LogP contribution is -2.50. The van der Waals surface area contributed by atoms with Gasteiger partial charge in [0.25, 0.3) is 0 Å². The van der Waals surface area contributed by atoms with Crippen molar-refractivity contribution in [2.24, 2.45) is 0 Å². The first-order valence-electron chi connectivity index (χ1n) is 10.3. The number of likely N-dealkylation sites (N-methyl/N-ethyl adjacent to an activating group) is 1. The van der Waals surface area contributed by atoms with E-state index in [1.807, 2.05) is 31.2 Å². The standard InChI is InChI=1S/C23H31N3O6S/c1-16-7-9-18(10-8-16)14-25(17(2)23(28)24-3)22(27)15-26(33(6,29)30)19-11-12-20(31-4)21(13-19)32-5/h7-13,17H,14-15H2,1-6H3,(H,24,28)/t17-/m1/s1. The van der Waals surface area contributed by atoms with Crippen molar-refractivity contribution in [3.05, 3.63) is 53.6 Å². The Bertz CT molecular complexity index is 1090. The third-order valence-electron chi connectivity index (χ3n) is 5.22. The summed E-state index contributed by atoms with van der Waals surface area (Å²) in [6, 6.07) is 11.3. The van der Waals surface area contributed by atoms with Crippen molar-refractivity contribution in [2.75, 3.05) is 38.4 Å². The average molecular weight is 478 g/mol. The van der Waals surface area contributed by atoms with Crippen LogP contribution in [0.5, 0.6) is 11.5 Å². The quantitative estimate of drug-likeness (QED) is 0.561. The summed E-state index contributed by atoms with van der Waals surface area (Å²) >= 11 is 0. The van der Waals surface area contributed by atoms with E-state index in [0.717, 1.165) is 21.7 Å². The zero-order valence-electron chi connectivity index (χ0n) is 19.8. The van der Waals surface area contributed by atoms with Crippen LogP contribution in [0.4, 0.5) is 5.69 Å². The zero-order chi connectivity index (χ0) is 24.8. The van der Waals surface area contributed by atoms with Crippen LogP contribution in [-0.2, 0) is 26.2 Å². The Kier molecular flexibility index (Phi) is 8.69. The maximum absolute atomic E-state index is 13.4. The smallest absolute Gasteiger partial charge is 0.244 e. The number of carbonyl (C=O) groups excluding carboxylic acids is 2. The van der Waals surface area contributed by atoms with E-state index in [1.165, 1.54) is 38.3 Å². The molecular formula is C23H31N3O6S. The Hall–Kier alpha value is -3.27. The Morgan fingerprint density at radius 2 is 1.64 bits per heavy atom. The van der Waals surface area contributed by atoms with Gasteiger partial charge in [0.05, 0.1) is 26.2 Å². The van der Waals surface area contributed by atoms with Crippen molar-refractivity contribution in [2.45, 2.75) is 26.4 Å². The molecule has 0 spiro atoms. The number of aryl methyl sites for hydroxylation is 1. The molecule has 180 valence electrons. The van der Waals surface area contributed by atoms with Crippen LogP contribution < -0.4 is 19.1 Å². The highest BCUT2D eigenvalue weighted by Crippen LogP contribution is 2.32. The summed E-state index contributed by atoms with van der Waals surface area (Å²) in [4.78, 5) is 27.1. The normalized spacial score (nSPS) is 11.9. The van der Waals surface area contributed by atoms with Gasteiger partial charge in [-0.15, -0.1) is 0 Å². The average Bonchev–Trinajstić information content (AvgIpc) is 2.79. The van der Waals surface area contributed by atoms with Crippen molar-refractivity contribution in [1.82, 2.24) is 10.2 Å². The van der Waals surface area contributed by atoms with Gasteiger partial charge in [0.1, 0.15) is 12.6 Å². The summed E-state index contributed by atoms with van der Waals surface area (Å²) < 4.78 is 36.7. The molecule has 2 rings (SSSR count). The molecule has 10 heteroatoms. The van der Waals surface area contributed by atoms with Crippen LogP contribution in [0.3, 0.4) is 0 Å². The number of hydrogen-bond donors (Lipinski definition) is 1. The molecule has 0 aliphatic rings. The van der Waals surface area contributed by atoms with E-state index >= 15 is 0 Å². The molecular weight excluding hydrogens is 446 g/mol. The van der Waals surface area contributed by atoms with E-state index in [-0.39, 0.29) is 18.1 Å². The Morgan fingerprint density at radius 3 is 2.15 bits per heavy atom. The van der Waals surface area contributed by atoms with E-state index in [1.54, 1.807) is 13.0 Å². The second-order valence-electron chi connectivity index (χ2n) is 7.61. The molecule has 9 nitrogen and oxygen atoms in total. The molecule has 1 N–H and O–H groups in total. The first-order chi connectivity index (χ1) is 15.5. The van der Waals surface area contributed by atoms with Gasteiger partial charge in [-0.3, -0.25) is 13.9 Å². The monoisotopic (exact) mass is 477 g/mol. The number of methoxy groups -OCH3 is 2. The van der Waals surface area contributed by atoms with Gasteiger partial charge in [-0.1, -0.05) is 29.8 Å². The summed E-state index contributed by atoms with van der Waals surface area (Å²) in [6.45, 7) is 3.22. The second-order valence-corrected chi connectivity index (χ2v) is 9.51. The van der Waals surface area contributed by atoms with Gasteiger partial charge in [-0.05, 0) is 31.5 Å². The molecule has 0 aliphatic carbocycles. The first-order valence-corrected chi connectivity index (χ1v) is 12.1. The number of benzene rings is 2. The van der Waals surface area contributed by atoms with Crippen molar-refractivity contribution >= 4 is 27.5 Å². The number of rotatable bonds is 10. The lowest BCUT2D eigenvalue weighted by molar-refractivity contribution is -0.139. The fourth-order valence-corrected chi connectivity index (χ4v) is 4.12. The lowest BCUT2D eigenvalue weighted by atomic mass is 10.1. The summed E-state index contributed by atoms with van der Waals surface area (Å²) in [5, 5.41) is 2.54. The third kappa shape index (κ3) is 6.61. The van der Waals surface area contributed by atoms with Crippen molar-refractivity contribution in [3.63, 3.8) is 0 Å². The molecule has 0 saturated heterocycles. The van der Waals surface area contributed by atoms with Gasteiger partial charge < -0.3 is 19.7 Å². The van der Waals surface area contributed by atoms with Gasteiger partial charge in [0.2, 0.25) is 21.8 Å². The first kappa shape index (κ1) is 26.0. The molecule has 2 amide bonds. The summed E-state index contributed by atoms with van der Waals surface area (Å²) in [7, 11) is 0.561. The summed E-state index contributed by atoms with van der Waals surface area (Å²) in [6.07, 6.45) is 1.02. The number of anilines is 1. The van der Waals surface area contributed by atoms with Crippen molar-refractivity contribution in [1.29, 1.82) is 0 Å². The van der Waals surface area contributed by atoms with Crippen LogP contribution in [-0.4, -0.2) is 65.2 Å². The van der Waals surface area contributed by atoms with E-state index in [9.17, 15) is 18.0 Å². The fourth-order valence-electron chi connectivity index (χ4n) is 3.28. The van der Waals surface area contributed by atoms with E-state index in [4.69, 9.17) is 9.47 Å². The number of amides is 2.